The standard InChI is InChI=1S/C12H21ClO2/c1-7-10(8(2)14)9(11(3,4)13)6-12(7,5)15/h7,9-10,15H,6H2,1-5H3/t7-,9-,10+,12-/m1/s1. The normalized spacial score (nSPS) is 41.9. The molecule has 88 valence electrons. The van der Waals surface area contributed by atoms with Gasteiger partial charge in [0.15, 0.2) is 0 Å². The van der Waals surface area contributed by atoms with Crippen molar-refractivity contribution in [2.24, 2.45) is 17.8 Å². The molecular formula is C12H21ClO2. The molecule has 1 fully saturated rings. The Morgan fingerprint density at radius 2 is 2.00 bits per heavy atom. The number of rotatable bonds is 2. The Labute approximate surface area is 97.0 Å². The van der Waals surface area contributed by atoms with E-state index in [1.807, 2.05) is 20.8 Å². The summed E-state index contributed by atoms with van der Waals surface area (Å²) < 4.78 is 0. The summed E-state index contributed by atoms with van der Waals surface area (Å²) in [5.41, 5.74) is -0.771. The third-order valence-electron chi connectivity index (χ3n) is 3.94. The zero-order valence-corrected chi connectivity index (χ0v) is 10.9. The summed E-state index contributed by atoms with van der Waals surface area (Å²) in [4.78, 5) is 11.2. The van der Waals surface area contributed by atoms with Gasteiger partial charge in [0.05, 0.1) is 5.60 Å². The van der Waals surface area contributed by atoms with E-state index in [-0.39, 0.29) is 23.5 Å². The average Bonchev–Trinajstić information content (AvgIpc) is 2.22. The van der Waals surface area contributed by atoms with Gasteiger partial charge in [-0.25, -0.2) is 0 Å². The molecule has 2 nitrogen and oxygen atoms in total. The van der Waals surface area contributed by atoms with E-state index in [0.717, 1.165) is 0 Å². The molecule has 0 spiro atoms. The molecule has 0 bridgehead atoms. The second-order valence-electron chi connectivity index (χ2n) is 5.66. The molecule has 1 aliphatic carbocycles. The minimum absolute atomic E-state index is 0.0157. The largest absolute Gasteiger partial charge is 0.390 e. The fourth-order valence-electron chi connectivity index (χ4n) is 2.80. The zero-order valence-electron chi connectivity index (χ0n) is 10.2. The average molecular weight is 233 g/mol. The van der Waals surface area contributed by atoms with Crippen LogP contribution in [0.15, 0.2) is 0 Å². The molecule has 1 rings (SSSR count). The first-order valence-electron chi connectivity index (χ1n) is 5.49. The molecule has 0 aromatic carbocycles. The fraction of sp³-hybridized carbons (Fsp3) is 0.917. The number of hydrogen-bond donors (Lipinski definition) is 1. The zero-order chi connectivity index (χ0) is 12.0. The predicted octanol–water partition coefficient (Wildman–Crippen LogP) is 2.62. The number of alkyl halides is 1. The van der Waals surface area contributed by atoms with Crippen LogP contribution in [0.25, 0.3) is 0 Å². The molecule has 0 aromatic heterocycles. The van der Waals surface area contributed by atoms with Gasteiger partial charge in [0.1, 0.15) is 5.78 Å². The molecule has 0 aromatic rings. The number of ketones is 1. The molecular weight excluding hydrogens is 212 g/mol. The van der Waals surface area contributed by atoms with E-state index in [1.54, 1.807) is 13.8 Å². The smallest absolute Gasteiger partial charge is 0.133 e. The predicted molar refractivity (Wildman–Crippen MR) is 62.0 cm³/mol. The van der Waals surface area contributed by atoms with Gasteiger partial charge in [0.25, 0.3) is 0 Å². The molecule has 0 radical (unpaired) electrons. The summed E-state index contributed by atoms with van der Waals surface area (Å²) in [6.07, 6.45) is 0.606. The monoisotopic (exact) mass is 232 g/mol. The van der Waals surface area contributed by atoms with Crippen LogP contribution in [0.1, 0.15) is 41.0 Å². The summed E-state index contributed by atoms with van der Waals surface area (Å²) in [5.74, 6) is 0.0613. The van der Waals surface area contributed by atoms with E-state index in [1.165, 1.54) is 0 Å². The number of aliphatic hydroxyl groups is 1. The van der Waals surface area contributed by atoms with E-state index in [2.05, 4.69) is 0 Å². The van der Waals surface area contributed by atoms with Crippen LogP contribution in [0.3, 0.4) is 0 Å². The first kappa shape index (κ1) is 13.0. The van der Waals surface area contributed by atoms with Crippen molar-refractivity contribution >= 4 is 17.4 Å². The third-order valence-corrected chi connectivity index (χ3v) is 4.22. The van der Waals surface area contributed by atoms with Crippen molar-refractivity contribution in [1.82, 2.24) is 0 Å². The van der Waals surface area contributed by atoms with Crippen LogP contribution in [0.2, 0.25) is 0 Å². The van der Waals surface area contributed by atoms with E-state index >= 15 is 0 Å². The van der Waals surface area contributed by atoms with E-state index in [4.69, 9.17) is 11.6 Å². The third kappa shape index (κ3) is 2.36. The highest BCUT2D eigenvalue weighted by Gasteiger charge is 2.53. The summed E-state index contributed by atoms with van der Waals surface area (Å²) in [5, 5.41) is 10.2. The molecule has 15 heavy (non-hydrogen) atoms. The lowest BCUT2D eigenvalue weighted by atomic mass is 9.80. The lowest BCUT2D eigenvalue weighted by Gasteiger charge is -2.29. The first-order valence-corrected chi connectivity index (χ1v) is 5.87. The Morgan fingerprint density at radius 1 is 1.53 bits per heavy atom. The Hall–Kier alpha value is -0.0800. The Kier molecular flexibility index (Phi) is 3.24. The van der Waals surface area contributed by atoms with E-state index < -0.39 is 10.5 Å². The molecule has 0 unspecified atom stereocenters. The molecule has 1 saturated carbocycles. The van der Waals surface area contributed by atoms with Crippen molar-refractivity contribution in [3.8, 4) is 0 Å². The second kappa shape index (κ2) is 3.74. The molecule has 0 heterocycles. The van der Waals surface area contributed by atoms with Gasteiger partial charge in [-0.15, -0.1) is 11.6 Å². The van der Waals surface area contributed by atoms with Crippen LogP contribution in [0.4, 0.5) is 0 Å². The van der Waals surface area contributed by atoms with Crippen LogP contribution in [0.5, 0.6) is 0 Å². The Morgan fingerprint density at radius 3 is 2.27 bits per heavy atom. The van der Waals surface area contributed by atoms with E-state index in [0.29, 0.717) is 6.42 Å². The van der Waals surface area contributed by atoms with Gasteiger partial charge in [-0.2, -0.15) is 0 Å². The molecule has 0 aliphatic heterocycles. The maximum atomic E-state index is 11.6. The molecule has 1 aliphatic rings. The topological polar surface area (TPSA) is 37.3 Å². The van der Waals surface area contributed by atoms with Crippen molar-refractivity contribution in [2.45, 2.75) is 51.5 Å². The minimum Gasteiger partial charge on any atom is -0.390 e. The quantitative estimate of drug-likeness (QED) is 0.744. The Balaban J connectivity index is 3.04. The van der Waals surface area contributed by atoms with E-state index in [9.17, 15) is 9.90 Å². The first-order chi connectivity index (χ1) is 6.57. The lowest BCUT2D eigenvalue weighted by Crippen LogP contribution is -2.34. The molecule has 3 heteroatoms. The number of hydrogen-bond acceptors (Lipinski definition) is 2. The Bertz CT molecular complexity index is 265. The van der Waals surface area contributed by atoms with Crippen molar-refractivity contribution in [1.29, 1.82) is 0 Å². The van der Waals surface area contributed by atoms with Crippen molar-refractivity contribution < 1.29 is 9.90 Å². The van der Waals surface area contributed by atoms with Gasteiger partial charge in [-0.05, 0) is 46.0 Å². The SMILES string of the molecule is CC(=O)[C@H]1[C@H](C(C)(C)Cl)C[C@@](C)(O)[C@@H]1C. The molecule has 1 N–H and O–H groups in total. The molecule has 0 amide bonds. The lowest BCUT2D eigenvalue weighted by molar-refractivity contribution is -0.124. The van der Waals surface area contributed by atoms with Crippen molar-refractivity contribution in [2.75, 3.05) is 0 Å². The highest BCUT2D eigenvalue weighted by Crippen LogP contribution is 2.50. The summed E-state index contributed by atoms with van der Waals surface area (Å²) in [6, 6.07) is 0. The summed E-state index contributed by atoms with van der Waals surface area (Å²) in [7, 11) is 0. The number of carbonyl (C=O) groups is 1. The highest BCUT2D eigenvalue weighted by atomic mass is 35.5. The molecule has 0 saturated heterocycles. The van der Waals surface area contributed by atoms with Crippen LogP contribution in [-0.4, -0.2) is 21.4 Å². The number of Topliss-reactive ketones (excluding diaryl/α,β-unsaturated/α-hetero) is 1. The highest BCUT2D eigenvalue weighted by molar-refractivity contribution is 6.23. The van der Waals surface area contributed by atoms with Crippen LogP contribution in [-0.2, 0) is 4.79 Å². The van der Waals surface area contributed by atoms with Crippen molar-refractivity contribution in [3.05, 3.63) is 0 Å². The maximum Gasteiger partial charge on any atom is 0.133 e. The summed E-state index contributed by atoms with van der Waals surface area (Å²) >= 11 is 6.31. The van der Waals surface area contributed by atoms with Gasteiger partial charge >= 0.3 is 0 Å². The van der Waals surface area contributed by atoms with Gasteiger partial charge < -0.3 is 5.11 Å². The maximum absolute atomic E-state index is 11.6. The van der Waals surface area contributed by atoms with Gasteiger partial charge in [0, 0.05) is 10.8 Å². The van der Waals surface area contributed by atoms with Gasteiger partial charge in [-0.3, -0.25) is 4.79 Å². The van der Waals surface area contributed by atoms with Crippen LogP contribution >= 0.6 is 11.6 Å². The van der Waals surface area contributed by atoms with Crippen LogP contribution in [0, 0.1) is 17.8 Å². The number of halogens is 1. The minimum atomic E-state index is -0.771. The van der Waals surface area contributed by atoms with Gasteiger partial charge in [0.2, 0.25) is 0 Å². The van der Waals surface area contributed by atoms with Crippen LogP contribution < -0.4 is 0 Å². The second-order valence-corrected chi connectivity index (χ2v) is 6.63. The van der Waals surface area contributed by atoms with Gasteiger partial charge in [-0.1, -0.05) is 6.92 Å². The van der Waals surface area contributed by atoms with Crippen molar-refractivity contribution in [3.63, 3.8) is 0 Å². The number of carbonyl (C=O) groups excluding carboxylic acids is 1. The molecule has 4 atom stereocenters. The summed E-state index contributed by atoms with van der Waals surface area (Å²) in [6.45, 7) is 9.18. The fourth-order valence-corrected chi connectivity index (χ4v) is 3.01.